The standard InChI is InChI=1S/C54H75N3O7/c1-3-5-7-12-35-17-18-39(48(60)28-35)15-10-11-16-40-19-20-42(45-27-37(25-36-22-24-56-50(55)29-36)33-54(45,64)23-21-47(59)51(40)53(62)63)46-30-38(4-2)52(57-46)44-31-41(58)32-49(61)43(44)26-34-13-8-6-9-14-34/h6,8-9,13-14,17-18,22,29-32,35,37,39-40,42,45,47-48,51,56-61,64H,3-5,7,10-12,15-16,19-21,23-28,33,55H2,1-2H3,(H,62,63). The zero-order valence-electron chi connectivity index (χ0n) is 38.2. The molecule has 0 saturated heterocycles. The van der Waals surface area contributed by atoms with Gasteiger partial charge in [-0.3, -0.25) is 4.79 Å². The summed E-state index contributed by atoms with van der Waals surface area (Å²) in [5.74, 6) is -1.23. The van der Waals surface area contributed by atoms with E-state index in [9.17, 15) is 35.4 Å². The van der Waals surface area contributed by atoms with Gasteiger partial charge in [-0.2, -0.15) is 0 Å². The number of aryl methyl sites for hydroxylation is 1. The number of aromatic nitrogens is 1. The van der Waals surface area contributed by atoms with Crippen molar-refractivity contribution in [3.8, 4) is 22.8 Å². The number of hydrogen-bond acceptors (Lipinski definition) is 8. The van der Waals surface area contributed by atoms with E-state index in [1.165, 1.54) is 25.3 Å². The van der Waals surface area contributed by atoms with Crippen LogP contribution in [-0.4, -0.2) is 65.9 Å². The first-order valence-corrected chi connectivity index (χ1v) is 24.6. The molecule has 0 bridgehead atoms. The highest BCUT2D eigenvalue weighted by molar-refractivity contribution is 5.73. The second kappa shape index (κ2) is 21.7. The number of carboxylic acids is 1. The van der Waals surface area contributed by atoms with E-state index in [1.54, 1.807) is 6.07 Å². The third-order valence-corrected chi connectivity index (χ3v) is 15.5. The highest BCUT2D eigenvalue weighted by Gasteiger charge is 2.51. The van der Waals surface area contributed by atoms with E-state index in [1.807, 2.05) is 36.4 Å². The number of aliphatic hydroxyl groups is 3. The minimum absolute atomic E-state index is 0.0207. The summed E-state index contributed by atoms with van der Waals surface area (Å²) in [7, 11) is 0. The number of aliphatic carboxylic acids is 1. The molecule has 0 radical (unpaired) electrons. The summed E-state index contributed by atoms with van der Waals surface area (Å²) >= 11 is 0. The fraction of sp³-hybridized carbons (Fsp3) is 0.574. The van der Waals surface area contributed by atoms with Gasteiger partial charge in [0, 0.05) is 53.4 Å². The van der Waals surface area contributed by atoms with Crippen LogP contribution in [0.1, 0.15) is 145 Å². The van der Waals surface area contributed by atoms with Crippen molar-refractivity contribution in [1.82, 2.24) is 10.3 Å². The Bertz CT molecular complexity index is 2110. The fourth-order valence-electron chi connectivity index (χ4n) is 12.1. The van der Waals surface area contributed by atoms with Gasteiger partial charge in [0.05, 0.1) is 29.5 Å². The van der Waals surface area contributed by atoms with Crippen molar-refractivity contribution in [3.05, 3.63) is 107 Å². The minimum atomic E-state index is -1.14. The summed E-state index contributed by atoms with van der Waals surface area (Å²) in [6.45, 7) is 4.97. The average molecular weight is 878 g/mol. The summed E-state index contributed by atoms with van der Waals surface area (Å²) in [5, 5.41) is 71.8. The number of rotatable bonds is 17. The number of aromatic amines is 1. The smallest absolute Gasteiger partial charge is 0.309 e. The van der Waals surface area contributed by atoms with Crippen molar-refractivity contribution in [1.29, 1.82) is 0 Å². The number of carbonyl (C=O) groups is 1. The van der Waals surface area contributed by atoms with Crippen LogP contribution in [0.2, 0.25) is 0 Å². The van der Waals surface area contributed by atoms with Crippen LogP contribution in [0.5, 0.6) is 11.5 Å². The van der Waals surface area contributed by atoms with Gasteiger partial charge in [0.1, 0.15) is 11.5 Å². The maximum atomic E-state index is 13.2. The van der Waals surface area contributed by atoms with Crippen LogP contribution in [0.25, 0.3) is 11.3 Å². The van der Waals surface area contributed by atoms with Crippen LogP contribution in [0.4, 0.5) is 0 Å². The number of phenols is 2. The molecule has 10 heteroatoms. The Morgan fingerprint density at radius 1 is 0.906 bits per heavy atom. The molecule has 348 valence electrons. The number of aromatic hydroxyl groups is 2. The number of allylic oxidation sites excluding steroid dienone is 3. The number of fused-ring (bicyclic) bond motifs is 1. The molecule has 10 nitrogen and oxygen atoms in total. The van der Waals surface area contributed by atoms with Gasteiger partial charge in [0.2, 0.25) is 0 Å². The summed E-state index contributed by atoms with van der Waals surface area (Å²) in [4.78, 5) is 17.0. The Kier molecular flexibility index (Phi) is 16.1. The molecule has 1 aliphatic heterocycles. The highest BCUT2D eigenvalue weighted by Crippen LogP contribution is 2.54. The Morgan fingerprint density at radius 3 is 2.42 bits per heavy atom. The molecule has 4 aliphatic rings. The van der Waals surface area contributed by atoms with Crippen LogP contribution in [-0.2, 0) is 17.6 Å². The van der Waals surface area contributed by atoms with Crippen molar-refractivity contribution in [2.75, 3.05) is 6.54 Å². The van der Waals surface area contributed by atoms with E-state index in [4.69, 9.17) is 5.73 Å². The molecule has 1 aromatic heterocycles. The summed E-state index contributed by atoms with van der Waals surface area (Å²) in [5.41, 5.74) is 11.5. The van der Waals surface area contributed by atoms with Gasteiger partial charge in [-0.05, 0) is 136 Å². The van der Waals surface area contributed by atoms with Crippen molar-refractivity contribution in [3.63, 3.8) is 0 Å². The number of nitrogens with one attached hydrogen (secondary N) is 2. The first-order chi connectivity index (χ1) is 30.8. The Balaban J connectivity index is 1.19. The quantitative estimate of drug-likeness (QED) is 0.0469. The Hall–Kier alpha value is -4.51. The molecular formula is C54H75N3O7. The number of unbranched alkanes of at least 4 members (excludes halogenated alkanes) is 3. The lowest BCUT2D eigenvalue weighted by atomic mass is 9.69. The number of phenolic OH excluding ortho intramolecular Hbond substituents is 2. The van der Waals surface area contributed by atoms with Crippen molar-refractivity contribution >= 4 is 5.97 Å². The lowest BCUT2D eigenvalue weighted by Gasteiger charge is -2.40. The topological polar surface area (TPSA) is 192 Å². The first-order valence-electron chi connectivity index (χ1n) is 24.6. The molecular weight excluding hydrogens is 803 g/mol. The average Bonchev–Trinajstić information content (AvgIpc) is 3.84. The maximum Gasteiger partial charge on any atom is 0.309 e. The molecule has 0 amide bonds. The van der Waals surface area contributed by atoms with Gasteiger partial charge in [0.25, 0.3) is 0 Å². The zero-order chi connectivity index (χ0) is 45.4. The number of carboxylic acid groups (broad SMARTS) is 1. The number of aliphatic hydroxyl groups excluding tert-OH is 2. The van der Waals surface area contributed by atoms with Gasteiger partial charge in [-0.25, -0.2) is 0 Å². The predicted octanol–water partition coefficient (Wildman–Crippen LogP) is 9.75. The molecule has 10 unspecified atom stereocenters. The van der Waals surface area contributed by atoms with E-state index >= 15 is 0 Å². The van der Waals surface area contributed by atoms with E-state index < -0.39 is 23.6 Å². The van der Waals surface area contributed by atoms with Crippen LogP contribution >= 0.6 is 0 Å². The van der Waals surface area contributed by atoms with Crippen LogP contribution in [0.15, 0.2) is 84.2 Å². The molecule has 10 N–H and O–H groups in total. The normalized spacial score (nSPS) is 29.7. The SMILES string of the molecule is CCCCCC1C=CC(CCCCC2CCC(c3cc(CC)c(-c4cc(O)cc(O)c4Cc4ccccc4)[nH]3)C3CC(CC4=CCNC(N)=C4)CC3(O)CCC(O)C2C(=O)O)C(O)C1. The minimum Gasteiger partial charge on any atom is -0.508 e. The number of benzene rings is 2. The Labute approximate surface area is 380 Å². The third kappa shape index (κ3) is 11.5. The van der Waals surface area contributed by atoms with Crippen LogP contribution < -0.4 is 11.1 Å². The number of dihydropyridines is 1. The van der Waals surface area contributed by atoms with E-state index in [0.29, 0.717) is 68.8 Å². The van der Waals surface area contributed by atoms with Gasteiger partial charge in [-0.15, -0.1) is 0 Å². The highest BCUT2D eigenvalue weighted by atomic mass is 16.4. The summed E-state index contributed by atoms with van der Waals surface area (Å²) in [6.07, 6.45) is 20.8. The summed E-state index contributed by atoms with van der Waals surface area (Å²) in [6, 6.07) is 15.3. The first kappa shape index (κ1) is 47.5. The van der Waals surface area contributed by atoms with Crippen LogP contribution in [0.3, 0.4) is 0 Å². The van der Waals surface area contributed by atoms with Crippen molar-refractivity contribution in [2.45, 2.75) is 153 Å². The molecule has 2 fully saturated rings. The second-order valence-electron chi connectivity index (χ2n) is 19.9. The number of H-pyrrole nitrogens is 1. The number of hydrogen-bond donors (Lipinski definition) is 9. The maximum absolute atomic E-state index is 13.2. The molecule has 2 aromatic carbocycles. The van der Waals surface area contributed by atoms with Crippen LogP contribution in [0, 0.1) is 35.5 Å². The van der Waals surface area contributed by atoms with Gasteiger partial charge >= 0.3 is 5.97 Å². The molecule has 3 aromatic rings. The van der Waals surface area contributed by atoms with Gasteiger partial charge in [-0.1, -0.05) is 94.5 Å². The fourth-order valence-corrected chi connectivity index (χ4v) is 12.1. The second-order valence-corrected chi connectivity index (χ2v) is 19.9. The molecule has 2 saturated carbocycles. The van der Waals surface area contributed by atoms with E-state index in [0.717, 1.165) is 78.6 Å². The lowest BCUT2D eigenvalue weighted by Crippen LogP contribution is -2.42. The monoisotopic (exact) mass is 878 g/mol. The van der Waals surface area contributed by atoms with E-state index in [2.05, 4.69) is 48.4 Å². The molecule has 3 aliphatic carbocycles. The van der Waals surface area contributed by atoms with Gasteiger partial charge in [0.15, 0.2) is 0 Å². The molecule has 64 heavy (non-hydrogen) atoms. The molecule has 2 heterocycles. The third-order valence-electron chi connectivity index (χ3n) is 15.5. The van der Waals surface area contributed by atoms with Crippen molar-refractivity contribution in [2.24, 2.45) is 41.2 Å². The Morgan fingerprint density at radius 2 is 1.69 bits per heavy atom. The van der Waals surface area contributed by atoms with Gasteiger partial charge < -0.3 is 46.7 Å². The van der Waals surface area contributed by atoms with E-state index in [-0.39, 0.29) is 53.6 Å². The molecule has 7 rings (SSSR count). The van der Waals surface area contributed by atoms with Crippen molar-refractivity contribution < 1.29 is 35.4 Å². The largest absolute Gasteiger partial charge is 0.508 e. The lowest BCUT2D eigenvalue weighted by molar-refractivity contribution is -0.150. The zero-order valence-corrected chi connectivity index (χ0v) is 38.2. The molecule has 10 atom stereocenters. The molecule has 0 spiro atoms. The predicted molar refractivity (Wildman–Crippen MR) is 254 cm³/mol. The number of nitrogens with two attached hydrogens (primary N) is 1. The summed E-state index contributed by atoms with van der Waals surface area (Å²) < 4.78 is 0.